The van der Waals surface area contributed by atoms with E-state index in [9.17, 15) is 19.2 Å². The normalized spacial score (nSPS) is 18.8. The fraction of sp³-hybridized carbons (Fsp3) is 0.167. The van der Waals surface area contributed by atoms with Crippen molar-refractivity contribution in [1.82, 2.24) is 15.3 Å². The van der Waals surface area contributed by atoms with Crippen molar-refractivity contribution in [1.29, 1.82) is 0 Å². The number of rotatable bonds is 5. The number of para-hydroxylation sites is 1. The van der Waals surface area contributed by atoms with Gasteiger partial charge in [0.1, 0.15) is 5.25 Å². The third kappa shape index (κ3) is 4.82. The van der Waals surface area contributed by atoms with Gasteiger partial charge in [-0.15, -0.1) is 0 Å². The van der Waals surface area contributed by atoms with Crippen LogP contribution in [0.4, 0.5) is 4.79 Å². The maximum atomic E-state index is 13.6. The molecule has 3 amide bonds. The van der Waals surface area contributed by atoms with E-state index in [-0.39, 0.29) is 12.0 Å². The number of carbonyl (C=O) groups excluding carboxylic acids is 3. The largest absolute Gasteiger partial charge is 0.321 e. The van der Waals surface area contributed by atoms with Gasteiger partial charge < -0.3 is 4.98 Å². The lowest BCUT2D eigenvalue weighted by atomic mass is 9.91. The maximum absolute atomic E-state index is 13.6. The second kappa shape index (κ2) is 10.4. The number of aromatic nitrogens is 1. The molecule has 40 heavy (non-hydrogen) atoms. The molecule has 0 aliphatic carbocycles. The van der Waals surface area contributed by atoms with Crippen molar-refractivity contribution < 1.29 is 14.4 Å². The molecule has 0 saturated carbocycles. The number of aryl methyl sites for hydroxylation is 1. The number of hydrogen-bond acceptors (Lipinski definition) is 6. The van der Waals surface area contributed by atoms with Gasteiger partial charge in [-0.25, -0.2) is 5.01 Å². The van der Waals surface area contributed by atoms with Gasteiger partial charge in [0.05, 0.1) is 17.3 Å². The molecule has 3 aromatic carbocycles. The molecule has 2 aliphatic rings. The van der Waals surface area contributed by atoms with Crippen molar-refractivity contribution >= 4 is 57.0 Å². The first-order valence-electron chi connectivity index (χ1n) is 12.7. The minimum absolute atomic E-state index is 0.195. The summed E-state index contributed by atoms with van der Waals surface area (Å²) in [6.45, 7) is 1.98. The molecule has 1 fully saturated rings. The number of carbonyl (C=O) groups is 3. The summed E-state index contributed by atoms with van der Waals surface area (Å²) in [5, 5.41) is 8.41. The minimum Gasteiger partial charge on any atom is -0.321 e. The van der Waals surface area contributed by atoms with Crippen LogP contribution in [0.25, 0.3) is 22.0 Å². The highest BCUT2D eigenvalue weighted by molar-refractivity contribution is 8.15. The lowest BCUT2D eigenvalue weighted by molar-refractivity contribution is -0.134. The minimum atomic E-state index is -0.827. The van der Waals surface area contributed by atoms with Crippen LogP contribution in [0.1, 0.15) is 35.6 Å². The van der Waals surface area contributed by atoms with Crippen LogP contribution in [-0.4, -0.2) is 38.0 Å². The first-order chi connectivity index (χ1) is 19.3. The summed E-state index contributed by atoms with van der Waals surface area (Å²) in [5.41, 5.74) is 4.58. The first kappa shape index (κ1) is 26.0. The highest BCUT2D eigenvalue weighted by atomic mass is 35.5. The number of imide groups is 1. The molecule has 2 aliphatic heterocycles. The molecule has 10 heteroatoms. The third-order valence-electron chi connectivity index (χ3n) is 7.10. The molecule has 0 bridgehead atoms. The van der Waals surface area contributed by atoms with Gasteiger partial charge in [-0.3, -0.25) is 24.5 Å². The fourth-order valence-electron chi connectivity index (χ4n) is 5.15. The van der Waals surface area contributed by atoms with Gasteiger partial charge in [-0.05, 0) is 36.2 Å². The third-order valence-corrected chi connectivity index (χ3v) is 8.33. The number of benzene rings is 3. The molecule has 2 unspecified atom stereocenters. The van der Waals surface area contributed by atoms with Gasteiger partial charge in [-0.2, -0.15) is 5.10 Å². The Morgan fingerprint density at radius 1 is 1.00 bits per heavy atom. The van der Waals surface area contributed by atoms with Crippen molar-refractivity contribution in [3.63, 3.8) is 0 Å². The van der Waals surface area contributed by atoms with E-state index in [1.165, 1.54) is 5.01 Å². The van der Waals surface area contributed by atoms with Gasteiger partial charge in [0.2, 0.25) is 11.8 Å². The Kier molecular flexibility index (Phi) is 6.77. The van der Waals surface area contributed by atoms with E-state index in [1.54, 1.807) is 12.1 Å². The molecular weight excluding hydrogens is 548 g/mol. The zero-order valence-electron chi connectivity index (χ0n) is 21.3. The molecule has 1 aromatic heterocycles. The second-order valence-corrected chi connectivity index (χ2v) is 11.4. The lowest BCUT2D eigenvalue weighted by Crippen LogP contribution is -2.32. The molecular formula is C30H23ClN4O4S. The van der Waals surface area contributed by atoms with Gasteiger partial charge >= 0.3 is 0 Å². The van der Waals surface area contributed by atoms with Gasteiger partial charge in [-0.1, -0.05) is 83.5 Å². The second-order valence-electron chi connectivity index (χ2n) is 9.76. The zero-order chi connectivity index (χ0) is 28.0. The number of halogens is 1. The highest BCUT2D eigenvalue weighted by Crippen LogP contribution is 2.38. The van der Waals surface area contributed by atoms with Crippen LogP contribution in [0.15, 0.2) is 82.7 Å². The Morgan fingerprint density at radius 3 is 2.42 bits per heavy atom. The van der Waals surface area contributed by atoms with Crippen LogP contribution in [0.3, 0.4) is 0 Å². The summed E-state index contributed by atoms with van der Waals surface area (Å²) in [7, 11) is 0. The smallest absolute Gasteiger partial charge is 0.286 e. The zero-order valence-corrected chi connectivity index (χ0v) is 22.9. The van der Waals surface area contributed by atoms with Crippen molar-refractivity contribution in [2.75, 3.05) is 0 Å². The predicted molar refractivity (Wildman–Crippen MR) is 156 cm³/mol. The first-order valence-corrected chi connectivity index (χ1v) is 13.9. The highest BCUT2D eigenvalue weighted by Gasteiger charge is 2.39. The maximum Gasteiger partial charge on any atom is 0.286 e. The molecule has 2 N–H and O–H groups in total. The van der Waals surface area contributed by atoms with Crippen molar-refractivity contribution in [2.45, 2.75) is 31.1 Å². The Labute approximate surface area is 238 Å². The lowest BCUT2D eigenvalue weighted by Gasteiger charge is -2.23. The number of thioether (sulfide) groups is 1. The summed E-state index contributed by atoms with van der Waals surface area (Å²) < 4.78 is 0. The number of nitrogens with one attached hydrogen (secondary N) is 2. The quantitative estimate of drug-likeness (QED) is 0.325. The van der Waals surface area contributed by atoms with Gasteiger partial charge in [0, 0.05) is 34.3 Å². The number of aromatic amines is 1. The monoisotopic (exact) mass is 570 g/mol. The van der Waals surface area contributed by atoms with E-state index in [0.29, 0.717) is 33.8 Å². The van der Waals surface area contributed by atoms with Crippen LogP contribution < -0.4 is 10.9 Å². The Hall–Kier alpha value is -4.21. The van der Waals surface area contributed by atoms with Crippen molar-refractivity contribution in [3.05, 3.63) is 105 Å². The molecule has 6 rings (SSSR count). The van der Waals surface area contributed by atoms with Crippen LogP contribution >= 0.6 is 23.4 Å². The van der Waals surface area contributed by atoms with Gasteiger partial charge in [0.15, 0.2) is 0 Å². The molecule has 8 nitrogen and oxygen atoms in total. The number of nitrogens with zero attached hydrogens (tertiary/aromatic N) is 2. The van der Waals surface area contributed by atoms with E-state index >= 15 is 0 Å². The predicted octanol–water partition coefficient (Wildman–Crippen LogP) is 5.58. The molecule has 1 saturated heterocycles. The number of fused-ring (bicyclic) bond motifs is 1. The van der Waals surface area contributed by atoms with E-state index in [0.717, 1.165) is 33.8 Å². The molecule has 0 spiro atoms. The van der Waals surface area contributed by atoms with Crippen molar-refractivity contribution in [2.24, 2.45) is 5.10 Å². The summed E-state index contributed by atoms with van der Waals surface area (Å²) in [4.78, 5) is 54.1. The Morgan fingerprint density at radius 2 is 1.73 bits per heavy atom. The average Bonchev–Trinajstić information content (AvgIpc) is 3.51. The van der Waals surface area contributed by atoms with Crippen LogP contribution in [0.5, 0.6) is 0 Å². The number of hydrogen-bond donors (Lipinski definition) is 2. The van der Waals surface area contributed by atoms with Gasteiger partial charge in [0.25, 0.3) is 10.8 Å². The standard InChI is InChI=1S/C30H23ClN4O4S/c1-16-6-8-17(9-7-16)23-14-22(34-35(23)25(36)15-24-28(37)33-30(39)40-24)27-26(18-10-12-19(31)13-11-18)20-4-2-3-5-21(20)32-29(27)38/h2-13,23-24H,14-15H2,1H3,(H,32,38)(H,33,37,39). The topological polar surface area (TPSA) is 112 Å². The summed E-state index contributed by atoms with van der Waals surface area (Å²) >= 11 is 6.97. The summed E-state index contributed by atoms with van der Waals surface area (Å²) in [5.74, 6) is -0.900. The van der Waals surface area contributed by atoms with Crippen LogP contribution in [-0.2, 0) is 9.59 Å². The van der Waals surface area contributed by atoms with E-state index in [2.05, 4.69) is 10.3 Å². The van der Waals surface area contributed by atoms with Crippen molar-refractivity contribution in [3.8, 4) is 11.1 Å². The fourth-order valence-corrected chi connectivity index (χ4v) is 6.09. The summed E-state index contributed by atoms with van der Waals surface area (Å²) in [6, 6.07) is 22.1. The number of hydrazone groups is 1. The number of amides is 3. The number of pyridine rings is 1. The SMILES string of the molecule is Cc1ccc(C2CC(c3c(-c4ccc(Cl)cc4)c4ccccc4[nH]c3=O)=NN2C(=O)CC2SC(=O)NC2=O)cc1. The summed E-state index contributed by atoms with van der Waals surface area (Å²) in [6.07, 6.45) is 0.0965. The van der Waals surface area contributed by atoms with E-state index in [1.807, 2.05) is 67.6 Å². The Bertz CT molecular complexity index is 1770. The molecule has 200 valence electrons. The molecule has 4 aromatic rings. The van der Waals surface area contributed by atoms with E-state index < -0.39 is 28.3 Å². The average molecular weight is 571 g/mol. The molecule has 3 heterocycles. The van der Waals surface area contributed by atoms with Crippen LogP contribution in [0, 0.1) is 6.92 Å². The number of H-pyrrole nitrogens is 1. The Balaban J connectivity index is 1.49. The molecule has 2 atom stereocenters. The van der Waals surface area contributed by atoms with E-state index in [4.69, 9.17) is 16.7 Å². The van der Waals surface area contributed by atoms with Crippen LogP contribution in [0.2, 0.25) is 5.02 Å². The molecule has 0 radical (unpaired) electrons.